The zero-order chi connectivity index (χ0) is 15.7. The molecule has 8 heteroatoms. The van der Waals surface area contributed by atoms with E-state index < -0.39 is 15.8 Å². The van der Waals surface area contributed by atoms with Crippen molar-refractivity contribution in [3.05, 3.63) is 42.5 Å². The summed E-state index contributed by atoms with van der Waals surface area (Å²) in [4.78, 5) is 0.0634. The first-order chi connectivity index (χ1) is 10.5. The second-order valence-electron chi connectivity index (χ2n) is 5.33. The molecule has 1 aliphatic heterocycles. The van der Waals surface area contributed by atoms with Crippen molar-refractivity contribution in [3.8, 4) is 5.69 Å². The summed E-state index contributed by atoms with van der Waals surface area (Å²) in [7, 11) is -3.61. The lowest BCUT2D eigenvalue weighted by molar-refractivity contribution is 0.459. The smallest absolute Gasteiger partial charge is 0.246 e. The van der Waals surface area contributed by atoms with E-state index in [1.54, 1.807) is 18.2 Å². The molecular weight excluding hydrogens is 307 g/mol. The van der Waals surface area contributed by atoms with E-state index >= 15 is 0 Å². The van der Waals surface area contributed by atoms with Crippen molar-refractivity contribution in [1.82, 2.24) is 14.1 Å². The average molecular weight is 324 g/mol. The number of sulfonamides is 1. The maximum atomic E-state index is 13.7. The first-order valence-electron chi connectivity index (χ1n) is 7.02. The highest BCUT2D eigenvalue weighted by Gasteiger charge is 2.32. The quantitative estimate of drug-likeness (QED) is 0.909. The first-order valence-corrected chi connectivity index (χ1v) is 8.46. The van der Waals surface area contributed by atoms with Gasteiger partial charge in [0.25, 0.3) is 0 Å². The minimum absolute atomic E-state index is 0.0634. The lowest BCUT2D eigenvalue weighted by Crippen LogP contribution is -2.29. The standard InChI is InChI=1S/C14H17FN4O2S/c15-13-3-1-2-4-14(13)19-10-12(8-17-19)22(20,21)18-6-5-11(7-16)9-18/h1-4,8,10-11H,5-7,9,16H2. The first kappa shape index (κ1) is 15.1. The number of para-hydroxylation sites is 1. The van der Waals surface area contributed by atoms with Crippen LogP contribution in [-0.4, -0.2) is 42.1 Å². The predicted molar refractivity (Wildman–Crippen MR) is 79.4 cm³/mol. The molecule has 0 saturated carbocycles. The summed E-state index contributed by atoms with van der Waals surface area (Å²) < 4.78 is 41.5. The van der Waals surface area contributed by atoms with Crippen molar-refractivity contribution in [1.29, 1.82) is 0 Å². The molecule has 0 amide bonds. The summed E-state index contributed by atoms with van der Waals surface area (Å²) in [5, 5.41) is 3.97. The van der Waals surface area contributed by atoms with Gasteiger partial charge in [-0.05, 0) is 31.0 Å². The SMILES string of the molecule is NCC1CCN(S(=O)(=O)c2cnn(-c3ccccc3F)c2)C1. The molecular formula is C14H17FN4O2S. The van der Waals surface area contributed by atoms with E-state index in [1.807, 2.05) is 0 Å². The summed E-state index contributed by atoms with van der Waals surface area (Å²) in [6.45, 7) is 1.35. The van der Waals surface area contributed by atoms with Gasteiger partial charge in [0, 0.05) is 13.1 Å². The van der Waals surface area contributed by atoms with E-state index in [2.05, 4.69) is 5.10 Å². The highest BCUT2D eigenvalue weighted by Crippen LogP contribution is 2.24. The van der Waals surface area contributed by atoms with Gasteiger partial charge in [0.05, 0.1) is 12.4 Å². The number of halogens is 1. The lowest BCUT2D eigenvalue weighted by Gasteiger charge is -2.14. The number of rotatable bonds is 4. The number of benzene rings is 1. The Balaban J connectivity index is 1.89. The fraction of sp³-hybridized carbons (Fsp3) is 0.357. The van der Waals surface area contributed by atoms with Crippen LogP contribution >= 0.6 is 0 Å². The third-order valence-corrected chi connectivity index (χ3v) is 5.70. The Morgan fingerprint density at radius 2 is 2.14 bits per heavy atom. The molecule has 2 heterocycles. The molecule has 1 fully saturated rings. The normalized spacial score (nSPS) is 19.6. The van der Waals surface area contributed by atoms with Crippen LogP contribution in [0.4, 0.5) is 4.39 Å². The van der Waals surface area contributed by atoms with E-state index in [0.29, 0.717) is 19.6 Å². The van der Waals surface area contributed by atoms with Crippen LogP contribution < -0.4 is 5.73 Å². The number of hydrogen-bond acceptors (Lipinski definition) is 4. The molecule has 1 aliphatic rings. The van der Waals surface area contributed by atoms with Gasteiger partial charge in [-0.2, -0.15) is 9.40 Å². The molecule has 0 spiro atoms. The Hall–Kier alpha value is -1.77. The van der Waals surface area contributed by atoms with Crippen LogP contribution in [0, 0.1) is 11.7 Å². The molecule has 2 N–H and O–H groups in total. The van der Waals surface area contributed by atoms with Crippen molar-refractivity contribution in [2.24, 2.45) is 11.7 Å². The average Bonchev–Trinajstić information content (AvgIpc) is 3.17. The summed E-state index contributed by atoms with van der Waals surface area (Å²) in [6, 6.07) is 6.08. The molecule has 118 valence electrons. The van der Waals surface area contributed by atoms with Gasteiger partial charge in [-0.15, -0.1) is 0 Å². The Bertz CT molecular complexity index is 775. The van der Waals surface area contributed by atoms with Gasteiger partial charge in [-0.25, -0.2) is 17.5 Å². The summed E-state index contributed by atoms with van der Waals surface area (Å²) in [6.07, 6.45) is 3.35. The molecule has 2 aromatic rings. The van der Waals surface area contributed by atoms with Crippen LogP contribution in [0.3, 0.4) is 0 Å². The fourth-order valence-corrected chi connectivity index (χ4v) is 4.03. The van der Waals surface area contributed by atoms with Crippen LogP contribution in [0.15, 0.2) is 41.6 Å². The Morgan fingerprint density at radius 1 is 1.36 bits per heavy atom. The lowest BCUT2D eigenvalue weighted by atomic mass is 10.1. The van der Waals surface area contributed by atoms with Crippen LogP contribution in [0.1, 0.15) is 6.42 Å². The van der Waals surface area contributed by atoms with Gasteiger partial charge >= 0.3 is 0 Å². The molecule has 0 bridgehead atoms. The van der Waals surface area contributed by atoms with Crippen molar-refractivity contribution in [3.63, 3.8) is 0 Å². The highest BCUT2D eigenvalue weighted by atomic mass is 32.2. The second-order valence-corrected chi connectivity index (χ2v) is 7.26. The van der Waals surface area contributed by atoms with Gasteiger partial charge in [0.1, 0.15) is 16.4 Å². The zero-order valence-electron chi connectivity index (χ0n) is 11.9. The van der Waals surface area contributed by atoms with Gasteiger partial charge in [0.2, 0.25) is 10.0 Å². The molecule has 3 rings (SSSR count). The minimum Gasteiger partial charge on any atom is -0.330 e. The molecule has 1 atom stereocenters. The number of nitrogens with two attached hydrogens (primary N) is 1. The molecule has 0 radical (unpaired) electrons. The maximum absolute atomic E-state index is 13.7. The van der Waals surface area contributed by atoms with E-state index in [-0.39, 0.29) is 16.5 Å². The van der Waals surface area contributed by atoms with E-state index in [4.69, 9.17) is 5.73 Å². The summed E-state index contributed by atoms with van der Waals surface area (Å²) in [5.74, 6) is -0.268. The van der Waals surface area contributed by atoms with Crippen LogP contribution in [0.25, 0.3) is 5.69 Å². The van der Waals surface area contributed by atoms with Crippen molar-refractivity contribution >= 4 is 10.0 Å². The predicted octanol–water partition coefficient (Wildman–Crippen LogP) is 0.981. The molecule has 0 aliphatic carbocycles. The van der Waals surface area contributed by atoms with Crippen LogP contribution in [0.2, 0.25) is 0 Å². The Kier molecular flexibility index (Phi) is 3.98. The number of aromatic nitrogens is 2. The minimum atomic E-state index is -3.61. The fourth-order valence-electron chi connectivity index (χ4n) is 2.57. The van der Waals surface area contributed by atoms with Gasteiger partial charge in [-0.3, -0.25) is 0 Å². The third-order valence-electron chi connectivity index (χ3n) is 3.88. The van der Waals surface area contributed by atoms with E-state index in [9.17, 15) is 12.8 Å². The second kappa shape index (κ2) is 5.79. The van der Waals surface area contributed by atoms with Gasteiger partial charge < -0.3 is 5.73 Å². The molecule has 1 aromatic heterocycles. The van der Waals surface area contributed by atoms with Gasteiger partial charge in [-0.1, -0.05) is 12.1 Å². The third kappa shape index (κ3) is 2.65. The molecule has 1 saturated heterocycles. The molecule has 1 aromatic carbocycles. The zero-order valence-corrected chi connectivity index (χ0v) is 12.7. The topological polar surface area (TPSA) is 81.2 Å². The number of nitrogens with zero attached hydrogens (tertiary/aromatic N) is 3. The summed E-state index contributed by atoms with van der Waals surface area (Å²) >= 11 is 0. The van der Waals surface area contributed by atoms with Crippen LogP contribution in [0.5, 0.6) is 0 Å². The van der Waals surface area contributed by atoms with E-state index in [1.165, 1.54) is 27.4 Å². The van der Waals surface area contributed by atoms with Crippen LogP contribution in [-0.2, 0) is 10.0 Å². The molecule has 1 unspecified atom stereocenters. The number of hydrogen-bond donors (Lipinski definition) is 1. The summed E-state index contributed by atoms with van der Waals surface area (Å²) in [5.41, 5.74) is 5.81. The van der Waals surface area contributed by atoms with Crippen molar-refractivity contribution in [2.45, 2.75) is 11.3 Å². The van der Waals surface area contributed by atoms with Gasteiger partial charge in [0.15, 0.2) is 0 Å². The van der Waals surface area contributed by atoms with E-state index in [0.717, 1.165) is 6.42 Å². The molecule has 6 nitrogen and oxygen atoms in total. The van der Waals surface area contributed by atoms with Crippen molar-refractivity contribution < 1.29 is 12.8 Å². The Labute approximate surface area is 128 Å². The molecule has 22 heavy (non-hydrogen) atoms. The monoisotopic (exact) mass is 324 g/mol. The maximum Gasteiger partial charge on any atom is 0.246 e. The largest absolute Gasteiger partial charge is 0.330 e. The Morgan fingerprint density at radius 3 is 2.82 bits per heavy atom. The van der Waals surface area contributed by atoms with Crippen molar-refractivity contribution in [2.75, 3.05) is 19.6 Å². The highest BCUT2D eigenvalue weighted by molar-refractivity contribution is 7.89.